The second-order valence-electron chi connectivity index (χ2n) is 5.03. The molecule has 0 aliphatic heterocycles. The highest BCUT2D eigenvalue weighted by atomic mass is 32.2. The summed E-state index contributed by atoms with van der Waals surface area (Å²) in [5.41, 5.74) is 2.11. The number of nitrogens with two attached hydrogens (primary N) is 1. The van der Waals surface area contributed by atoms with Gasteiger partial charge in [0, 0.05) is 11.3 Å². The minimum Gasteiger partial charge on any atom is -0.337 e. The normalized spacial score (nSPS) is 10.5. The van der Waals surface area contributed by atoms with E-state index >= 15 is 0 Å². The summed E-state index contributed by atoms with van der Waals surface area (Å²) in [6, 6.07) is 15.4. The number of nitrogens with one attached hydrogen (secondary N) is 1. The van der Waals surface area contributed by atoms with E-state index in [-0.39, 0.29) is 11.7 Å². The van der Waals surface area contributed by atoms with Gasteiger partial charge in [-0.3, -0.25) is 4.79 Å². The van der Waals surface area contributed by atoms with Crippen LogP contribution in [-0.4, -0.2) is 21.3 Å². The maximum atomic E-state index is 13.1. The first-order valence-electron chi connectivity index (χ1n) is 7.20. The van der Waals surface area contributed by atoms with Crippen LogP contribution < -0.4 is 11.2 Å². The lowest BCUT2D eigenvalue weighted by Gasteiger charge is -2.05. The number of thioether (sulfide) groups is 1. The van der Waals surface area contributed by atoms with Crippen LogP contribution >= 0.6 is 11.8 Å². The Hall–Kier alpha value is -2.80. The minimum atomic E-state index is -0.398. The zero-order valence-corrected chi connectivity index (χ0v) is 13.5. The van der Waals surface area contributed by atoms with E-state index in [0.29, 0.717) is 10.8 Å². The van der Waals surface area contributed by atoms with Gasteiger partial charge >= 0.3 is 0 Å². The van der Waals surface area contributed by atoms with Gasteiger partial charge in [-0.2, -0.15) is 0 Å². The number of hydrogen-bond donors (Lipinski definition) is 2. The van der Waals surface area contributed by atoms with Crippen molar-refractivity contribution >= 4 is 23.4 Å². The highest BCUT2D eigenvalue weighted by Crippen LogP contribution is 2.22. The summed E-state index contributed by atoms with van der Waals surface area (Å²) in [4.78, 5) is 16.4. The third-order valence-electron chi connectivity index (χ3n) is 3.21. The average Bonchev–Trinajstić information content (AvgIpc) is 2.95. The SMILES string of the molecule is Nn1cc(-c2ccccc2)nc1SCC(=O)Nc1cccc(F)c1. The number of halogens is 1. The molecule has 3 rings (SSSR count). The van der Waals surface area contributed by atoms with Crippen molar-refractivity contribution in [1.82, 2.24) is 9.66 Å². The Balaban J connectivity index is 1.62. The molecule has 0 saturated heterocycles. The lowest BCUT2D eigenvalue weighted by Crippen LogP contribution is -2.15. The number of nitrogens with zero attached hydrogens (tertiary/aromatic N) is 2. The summed E-state index contributed by atoms with van der Waals surface area (Å²) in [6.07, 6.45) is 1.71. The largest absolute Gasteiger partial charge is 0.337 e. The predicted octanol–water partition coefficient (Wildman–Crippen LogP) is 3.13. The molecular weight excluding hydrogens is 327 g/mol. The molecule has 0 spiro atoms. The van der Waals surface area contributed by atoms with Gasteiger partial charge in [0.05, 0.1) is 17.6 Å². The molecule has 0 bridgehead atoms. The van der Waals surface area contributed by atoms with Gasteiger partial charge < -0.3 is 11.2 Å². The number of imidazole rings is 1. The number of anilines is 1. The molecule has 122 valence electrons. The Morgan fingerprint density at radius 1 is 1.21 bits per heavy atom. The molecule has 7 heteroatoms. The molecule has 0 saturated carbocycles. The van der Waals surface area contributed by atoms with E-state index < -0.39 is 5.82 Å². The molecule has 1 amide bonds. The van der Waals surface area contributed by atoms with E-state index in [4.69, 9.17) is 5.84 Å². The fourth-order valence-corrected chi connectivity index (χ4v) is 2.82. The van der Waals surface area contributed by atoms with Crippen molar-refractivity contribution in [2.75, 3.05) is 16.9 Å². The van der Waals surface area contributed by atoms with Crippen LogP contribution in [0.3, 0.4) is 0 Å². The molecular formula is C17H15FN4OS. The number of carbonyl (C=O) groups is 1. The molecule has 0 aliphatic carbocycles. The van der Waals surface area contributed by atoms with Gasteiger partial charge in [0.1, 0.15) is 5.82 Å². The number of aromatic nitrogens is 2. The maximum absolute atomic E-state index is 13.1. The average molecular weight is 342 g/mol. The van der Waals surface area contributed by atoms with Crippen molar-refractivity contribution in [2.24, 2.45) is 0 Å². The van der Waals surface area contributed by atoms with Gasteiger partial charge in [-0.25, -0.2) is 14.1 Å². The molecule has 2 aromatic carbocycles. The molecule has 3 aromatic rings. The Morgan fingerprint density at radius 2 is 2.00 bits per heavy atom. The van der Waals surface area contributed by atoms with Gasteiger partial charge in [-0.05, 0) is 18.2 Å². The highest BCUT2D eigenvalue weighted by molar-refractivity contribution is 7.99. The number of amides is 1. The van der Waals surface area contributed by atoms with Gasteiger partial charge in [0.25, 0.3) is 0 Å². The molecule has 3 N–H and O–H groups in total. The zero-order chi connectivity index (χ0) is 16.9. The highest BCUT2D eigenvalue weighted by Gasteiger charge is 2.11. The van der Waals surface area contributed by atoms with E-state index in [0.717, 1.165) is 11.3 Å². The van der Waals surface area contributed by atoms with Crippen molar-refractivity contribution in [3.8, 4) is 11.3 Å². The smallest absolute Gasteiger partial charge is 0.234 e. The topological polar surface area (TPSA) is 72.9 Å². The third-order valence-corrected chi connectivity index (χ3v) is 4.18. The van der Waals surface area contributed by atoms with Crippen LogP contribution in [0.2, 0.25) is 0 Å². The number of hydrogen-bond acceptors (Lipinski definition) is 4. The fraction of sp³-hybridized carbons (Fsp3) is 0.0588. The lowest BCUT2D eigenvalue weighted by molar-refractivity contribution is -0.113. The van der Waals surface area contributed by atoms with Gasteiger partial charge in [0.15, 0.2) is 5.16 Å². The number of nitrogen functional groups attached to an aromatic ring is 1. The summed E-state index contributed by atoms with van der Waals surface area (Å²) in [5, 5.41) is 3.16. The van der Waals surface area contributed by atoms with Crippen LogP contribution in [0.1, 0.15) is 0 Å². The quantitative estimate of drug-likeness (QED) is 0.552. The van der Waals surface area contributed by atoms with Gasteiger partial charge in [-0.1, -0.05) is 48.2 Å². The van der Waals surface area contributed by atoms with E-state index in [1.807, 2.05) is 30.3 Å². The van der Waals surface area contributed by atoms with Crippen molar-refractivity contribution < 1.29 is 9.18 Å². The number of benzene rings is 2. The predicted molar refractivity (Wildman–Crippen MR) is 93.6 cm³/mol. The Bertz CT molecular complexity index is 851. The van der Waals surface area contributed by atoms with Crippen molar-refractivity contribution in [1.29, 1.82) is 0 Å². The first kappa shape index (κ1) is 16.1. The van der Waals surface area contributed by atoms with Crippen molar-refractivity contribution in [3.63, 3.8) is 0 Å². The second kappa shape index (κ2) is 7.18. The van der Waals surface area contributed by atoms with Crippen molar-refractivity contribution in [2.45, 2.75) is 5.16 Å². The summed E-state index contributed by atoms with van der Waals surface area (Å²) in [6.45, 7) is 0. The van der Waals surface area contributed by atoms with Gasteiger partial charge in [0.2, 0.25) is 5.91 Å². The van der Waals surface area contributed by atoms with Gasteiger partial charge in [-0.15, -0.1) is 0 Å². The first-order chi connectivity index (χ1) is 11.6. The maximum Gasteiger partial charge on any atom is 0.234 e. The van der Waals surface area contributed by atoms with E-state index in [1.54, 1.807) is 12.3 Å². The Morgan fingerprint density at radius 3 is 2.75 bits per heavy atom. The van der Waals surface area contributed by atoms with Crippen LogP contribution in [-0.2, 0) is 4.79 Å². The summed E-state index contributed by atoms with van der Waals surface area (Å²) >= 11 is 1.22. The summed E-state index contributed by atoms with van der Waals surface area (Å²) < 4.78 is 14.5. The van der Waals surface area contributed by atoms with Crippen LogP contribution in [0.25, 0.3) is 11.3 Å². The minimum absolute atomic E-state index is 0.124. The summed E-state index contributed by atoms with van der Waals surface area (Å²) in [5.74, 6) is 5.36. The van der Waals surface area contributed by atoms with Crippen molar-refractivity contribution in [3.05, 3.63) is 66.6 Å². The number of carbonyl (C=O) groups excluding carboxylic acids is 1. The lowest BCUT2D eigenvalue weighted by atomic mass is 10.2. The fourth-order valence-electron chi connectivity index (χ4n) is 2.12. The molecule has 0 atom stereocenters. The van der Waals surface area contributed by atoms with Crippen LogP contribution in [0, 0.1) is 5.82 Å². The molecule has 1 heterocycles. The Kier molecular flexibility index (Phi) is 4.81. The summed E-state index contributed by atoms with van der Waals surface area (Å²) in [7, 11) is 0. The zero-order valence-electron chi connectivity index (χ0n) is 12.6. The molecule has 5 nitrogen and oxygen atoms in total. The first-order valence-corrected chi connectivity index (χ1v) is 8.18. The Labute approximate surface area is 142 Å². The van der Waals surface area contributed by atoms with E-state index in [2.05, 4.69) is 10.3 Å². The second-order valence-corrected chi connectivity index (χ2v) is 5.97. The molecule has 0 unspecified atom stereocenters. The monoisotopic (exact) mass is 342 g/mol. The van der Waals surface area contributed by atoms with E-state index in [9.17, 15) is 9.18 Å². The standard InChI is InChI=1S/C17H15FN4OS/c18-13-7-4-8-14(9-13)20-16(23)11-24-17-21-15(10-22(17)19)12-5-2-1-3-6-12/h1-10H,11,19H2,(H,20,23). The van der Waals surface area contributed by atoms with Crippen LogP contribution in [0.5, 0.6) is 0 Å². The van der Waals surface area contributed by atoms with E-state index in [1.165, 1.54) is 34.6 Å². The van der Waals surface area contributed by atoms with Crippen LogP contribution in [0.4, 0.5) is 10.1 Å². The number of rotatable bonds is 5. The molecule has 1 aromatic heterocycles. The van der Waals surface area contributed by atoms with Crippen LogP contribution in [0.15, 0.2) is 66.0 Å². The molecule has 24 heavy (non-hydrogen) atoms. The molecule has 0 radical (unpaired) electrons. The molecule has 0 fully saturated rings. The molecule has 0 aliphatic rings. The third kappa shape index (κ3) is 3.94.